The maximum atomic E-state index is 12.8. The second-order valence-corrected chi connectivity index (χ2v) is 8.72. The molecule has 0 aliphatic carbocycles. The predicted molar refractivity (Wildman–Crippen MR) is 106 cm³/mol. The summed E-state index contributed by atoms with van der Waals surface area (Å²) in [7, 11) is -1.72. The molecule has 1 aliphatic heterocycles. The molecule has 0 saturated carbocycles. The van der Waals surface area contributed by atoms with E-state index in [2.05, 4.69) is 0 Å². The number of likely N-dealkylation sites (N-methyl/N-ethyl adjacent to an activating group) is 1. The van der Waals surface area contributed by atoms with Crippen LogP contribution >= 0.6 is 0 Å². The van der Waals surface area contributed by atoms with Crippen LogP contribution in [0.2, 0.25) is 0 Å². The first-order valence-electron chi connectivity index (χ1n) is 8.99. The van der Waals surface area contributed by atoms with Gasteiger partial charge in [-0.3, -0.25) is 9.69 Å². The molecule has 7 heteroatoms. The van der Waals surface area contributed by atoms with Gasteiger partial charge in [-0.05, 0) is 31.2 Å². The lowest BCUT2D eigenvalue weighted by Gasteiger charge is -2.34. The Bertz CT molecular complexity index is 874. The van der Waals surface area contributed by atoms with Gasteiger partial charge in [-0.1, -0.05) is 35.9 Å². The standard InChI is InChI=1S/C20H25N3O3S/c1-17-8-10-19(11-9-17)27(25,26)23-14-12-22(13-15-23)16-20(24)21(2)18-6-4-3-5-7-18/h3-11H,12-16H2,1-2H3. The number of amides is 1. The highest BCUT2D eigenvalue weighted by Crippen LogP contribution is 2.18. The van der Waals surface area contributed by atoms with E-state index >= 15 is 0 Å². The van der Waals surface area contributed by atoms with Crippen LogP contribution in [0, 0.1) is 6.92 Å². The van der Waals surface area contributed by atoms with Crippen LogP contribution < -0.4 is 4.90 Å². The molecule has 1 fully saturated rings. The molecular formula is C20H25N3O3S. The number of sulfonamides is 1. The molecule has 0 unspecified atom stereocenters. The van der Waals surface area contributed by atoms with Crippen molar-refractivity contribution < 1.29 is 13.2 Å². The van der Waals surface area contributed by atoms with E-state index in [4.69, 9.17) is 0 Å². The first kappa shape index (κ1) is 19.5. The third-order valence-electron chi connectivity index (χ3n) is 4.87. The lowest BCUT2D eigenvalue weighted by molar-refractivity contribution is -0.119. The van der Waals surface area contributed by atoms with Gasteiger partial charge in [-0.2, -0.15) is 4.31 Å². The topological polar surface area (TPSA) is 60.9 Å². The quantitative estimate of drug-likeness (QED) is 0.787. The number of piperazine rings is 1. The molecular weight excluding hydrogens is 362 g/mol. The van der Waals surface area contributed by atoms with Crippen molar-refractivity contribution in [1.29, 1.82) is 0 Å². The predicted octanol–water partition coefficient (Wildman–Crippen LogP) is 1.96. The Labute approximate surface area is 161 Å². The van der Waals surface area contributed by atoms with Crippen LogP contribution in [0.3, 0.4) is 0 Å². The molecule has 0 atom stereocenters. The normalized spacial score (nSPS) is 16.2. The highest BCUT2D eigenvalue weighted by atomic mass is 32.2. The summed E-state index contributed by atoms with van der Waals surface area (Å²) >= 11 is 0. The van der Waals surface area contributed by atoms with Gasteiger partial charge in [0.2, 0.25) is 15.9 Å². The van der Waals surface area contributed by atoms with Gasteiger partial charge in [0, 0.05) is 38.9 Å². The minimum Gasteiger partial charge on any atom is -0.314 e. The van der Waals surface area contributed by atoms with E-state index in [1.54, 1.807) is 36.2 Å². The summed E-state index contributed by atoms with van der Waals surface area (Å²) in [5.74, 6) is -0.00367. The van der Waals surface area contributed by atoms with Gasteiger partial charge in [0.05, 0.1) is 11.4 Å². The molecule has 0 radical (unpaired) electrons. The van der Waals surface area contributed by atoms with Gasteiger partial charge in [0.1, 0.15) is 0 Å². The van der Waals surface area contributed by atoms with Crippen molar-refractivity contribution in [3.05, 3.63) is 60.2 Å². The number of anilines is 1. The second kappa shape index (κ2) is 8.21. The summed E-state index contributed by atoms with van der Waals surface area (Å²) in [5, 5.41) is 0. The zero-order valence-electron chi connectivity index (χ0n) is 15.7. The molecule has 0 bridgehead atoms. The van der Waals surface area contributed by atoms with Crippen LogP contribution in [0.4, 0.5) is 5.69 Å². The Morgan fingerprint density at radius 3 is 2.15 bits per heavy atom. The van der Waals surface area contributed by atoms with Crippen LogP contribution in [-0.4, -0.2) is 63.3 Å². The van der Waals surface area contributed by atoms with Crippen molar-refractivity contribution in [2.24, 2.45) is 0 Å². The fraction of sp³-hybridized carbons (Fsp3) is 0.350. The van der Waals surface area contributed by atoms with Crippen molar-refractivity contribution in [3.8, 4) is 0 Å². The molecule has 0 aromatic heterocycles. The summed E-state index contributed by atoms with van der Waals surface area (Å²) in [6, 6.07) is 16.4. The van der Waals surface area contributed by atoms with Gasteiger partial charge in [0.15, 0.2) is 0 Å². The second-order valence-electron chi connectivity index (χ2n) is 6.78. The fourth-order valence-electron chi connectivity index (χ4n) is 3.08. The molecule has 2 aromatic rings. The fourth-order valence-corrected chi connectivity index (χ4v) is 4.50. The summed E-state index contributed by atoms with van der Waals surface area (Å²) in [6.45, 7) is 4.07. The molecule has 1 saturated heterocycles. The summed E-state index contributed by atoms with van der Waals surface area (Å²) < 4.78 is 27.0. The molecule has 0 N–H and O–H groups in total. The van der Waals surface area contributed by atoms with E-state index in [1.807, 2.05) is 42.2 Å². The monoisotopic (exact) mass is 387 g/mol. The third kappa shape index (κ3) is 4.55. The van der Waals surface area contributed by atoms with Gasteiger partial charge >= 0.3 is 0 Å². The van der Waals surface area contributed by atoms with E-state index in [-0.39, 0.29) is 12.5 Å². The third-order valence-corrected chi connectivity index (χ3v) is 6.78. The van der Waals surface area contributed by atoms with Crippen molar-refractivity contribution in [2.75, 3.05) is 44.7 Å². The average molecular weight is 388 g/mol. The molecule has 2 aromatic carbocycles. The Morgan fingerprint density at radius 2 is 1.56 bits per heavy atom. The van der Waals surface area contributed by atoms with Crippen molar-refractivity contribution in [1.82, 2.24) is 9.21 Å². The lowest BCUT2D eigenvalue weighted by Crippen LogP contribution is -2.51. The molecule has 1 amide bonds. The minimum absolute atomic E-state index is 0.00367. The van der Waals surface area contributed by atoms with Crippen molar-refractivity contribution in [2.45, 2.75) is 11.8 Å². The number of para-hydroxylation sites is 1. The van der Waals surface area contributed by atoms with Crippen molar-refractivity contribution in [3.63, 3.8) is 0 Å². The Hall–Kier alpha value is -2.22. The Kier molecular flexibility index (Phi) is 5.94. The Balaban J connectivity index is 1.57. The zero-order valence-corrected chi connectivity index (χ0v) is 16.5. The van der Waals surface area contributed by atoms with E-state index in [9.17, 15) is 13.2 Å². The SMILES string of the molecule is Cc1ccc(S(=O)(=O)N2CCN(CC(=O)N(C)c3ccccc3)CC2)cc1. The van der Waals surface area contributed by atoms with E-state index in [0.29, 0.717) is 31.1 Å². The number of rotatable bonds is 5. The number of hydrogen-bond acceptors (Lipinski definition) is 4. The molecule has 1 heterocycles. The van der Waals surface area contributed by atoms with Crippen LogP contribution in [0.25, 0.3) is 0 Å². The first-order chi connectivity index (χ1) is 12.9. The molecule has 1 aliphatic rings. The summed E-state index contributed by atoms with van der Waals surface area (Å²) in [5.41, 5.74) is 1.88. The number of nitrogens with zero attached hydrogens (tertiary/aromatic N) is 3. The summed E-state index contributed by atoms with van der Waals surface area (Å²) in [4.78, 5) is 16.5. The lowest BCUT2D eigenvalue weighted by atomic mass is 10.2. The van der Waals surface area contributed by atoms with Gasteiger partial charge in [-0.15, -0.1) is 0 Å². The number of carbonyl (C=O) groups is 1. The van der Waals surface area contributed by atoms with E-state index in [1.165, 1.54) is 4.31 Å². The Morgan fingerprint density at radius 1 is 0.963 bits per heavy atom. The first-order valence-corrected chi connectivity index (χ1v) is 10.4. The van der Waals surface area contributed by atoms with Gasteiger partial charge in [0.25, 0.3) is 0 Å². The number of benzene rings is 2. The maximum absolute atomic E-state index is 12.8. The molecule has 6 nitrogen and oxygen atoms in total. The van der Waals surface area contributed by atoms with Gasteiger partial charge < -0.3 is 4.90 Å². The highest BCUT2D eigenvalue weighted by molar-refractivity contribution is 7.89. The smallest absolute Gasteiger partial charge is 0.243 e. The van der Waals surface area contributed by atoms with Gasteiger partial charge in [-0.25, -0.2) is 8.42 Å². The molecule has 0 spiro atoms. The number of aryl methyl sites for hydroxylation is 1. The van der Waals surface area contributed by atoms with Crippen molar-refractivity contribution >= 4 is 21.6 Å². The minimum atomic E-state index is -3.48. The van der Waals surface area contributed by atoms with Crippen LogP contribution in [0.5, 0.6) is 0 Å². The zero-order chi connectivity index (χ0) is 19.4. The molecule has 27 heavy (non-hydrogen) atoms. The molecule has 144 valence electrons. The maximum Gasteiger partial charge on any atom is 0.243 e. The number of carbonyl (C=O) groups excluding carboxylic acids is 1. The average Bonchev–Trinajstić information content (AvgIpc) is 2.69. The van der Waals surface area contributed by atoms with E-state index < -0.39 is 10.0 Å². The van der Waals surface area contributed by atoms with Crippen LogP contribution in [0.1, 0.15) is 5.56 Å². The van der Waals surface area contributed by atoms with Crippen LogP contribution in [0.15, 0.2) is 59.5 Å². The molecule has 3 rings (SSSR count). The largest absolute Gasteiger partial charge is 0.314 e. The summed E-state index contributed by atoms with van der Waals surface area (Å²) in [6.07, 6.45) is 0. The van der Waals surface area contributed by atoms with Crippen LogP contribution in [-0.2, 0) is 14.8 Å². The van der Waals surface area contributed by atoms with E-state index in [0.717, 1.165) is 11.3 Å². The highest BCUT2D eigenvalue weighted by Gasteiger charge is 2.29. The number of hydrogen-bond donors (Lipinski definition) is 0.